The third-order valence-electron chi connectivity index (χ3n) is 5.63. The summed E-state index contributed by atoms with van der Waals surface area (Å²) in [7, 11) is -0.882. The van der Waals surface area contributed by atoms with Crippen molar-refractivity contribution in [3.63, 3.8) is 0 Å². The number of nitrogens with zero attached hydrogens (tertiary/aromatic N) is 2. The molecule has 1 heterocycles. The lowest BCUT2D eigenvalue weighted by Crippen LogP contribution is -2.18. The van der Waals surface area contributed by atoms with Crippen LogP contribution in [0.25, 0.3) is 11.4 Å². The van der Waals surface area contributed by atoms with Crippen LogP contribution >= 0.6 is 0 Å². The van der Waals surface area contributed by atoms with E-state index in [9.17, 15) is 0 Å². The van der Waals surface area contributed by atoms with Crippen LogP contribution in [0.3, 0.4) is 0 Å². The highest BCUT2D eigenvalue weighted by Gasteiger charge is 2.11. The monoisotopic (exact) mass is 439 g/mol. The minimum Gasteiger partial charge on any atom is -0.494 e. The molecule has 2 rings (SSSR count). The summed E-state index contributed by atoms with van der Waals surface area (Å²) >= 11 is 0. The van der Waals surface area contributed by atoms with Crippen molar-refractivity contribution in [2.75, 3.05) is 6.61 Å². The molecule has 0 amide bonds. The molecule has 0 saturated carbocycles. The number of rotatable bonds is 16. The number of aryl methyl sites for hydroxylation is 1. The van der Waals surface area contributed by atoms with Crippen molar-refractivity contribution in [1.29, 1.82) is 0 Å². The predicted molar refractivity (Wildman–Crippen MR) is 135 cm³/mol. The molecular weight excluding hydrogens is 396 g/mol. The molecule has 31 heavy (non-hydrogen) atoms. The first-order valence-corrected chi connectivity index (χ1v) is 16.2. The van der Waals surface area contributed by atoms with Crippen molar-refractivity contribution >= 4 is 8.07 Å². The number of hydrogen-bond donors (Lipinski definition) is 0. The van der Waals surface area contributed by atoms with E-state index in [2.05, 4.69) is 49.7 Å². The van der Waals surface area contributed by atoms with Crippen LogP contribution in [0.5, 0.6) is 5.75 Å². The maximum atomic E-state index is 5.89. The second kappa shape index (κ2) is 14.4. The van der Waals surface area contributed by atoms with Gasteiger partial charge in [0, 0.05) is 25.9 Å². The summed E-state index contributed by atoms with van der Waals surface area (Å²) in [5.74, 6) is 1.72. The maximum absolute atomic E-state index is 5.89. The Morgan fingerprint density at radius 1 is 0.839 bits per heavy atom. The summed E-state index contributed by atoms with van der Waals surface area (Å²) < 4.78 is 5.89. The van der Waals surface area contributed by atoms with Crippen molar-refractivity contribution in [1.82, 2.24) is 9.97 Å². The van der Waals surface area contributed by atoms with E-state index in [1.165, 1.54) is 63.8 Å². The Balaban J connectivity index is 1.71. The van der Waals surface area contributed by atoms with Gasteiger partial charge in [0.15, 0.2) is 5.82 Å². The van der Waals surface area contributed by atoms with Gasteiger partial charge in [0.05, 0.1) is 12.3 Å². The Morgan fingerprint density at radius 3 is 2.26 bits per heavy atom. The fourth-order valence-corrected chi connectivity index (χ4v) is 5.01. The smallest absolute Gasteiger partial charge is 0.159 e. The summed E-state index contributed by atoms with van der Waals surface area (Å²) in [4.78, 5) is 9.17. The fourth-order valence-electron chi connectivity index (χ4n) is 3.70. The molecule has 171 valence electrons. The standard InChI is InChI=1S/C27H43N2OSi/c1-5-6-7-8-10-13-22-30-26-18-16-24(17-19-26)27-28-21-20-25(29-27)15-12-9-11-14-23-31(2,3)4/h16-19,21H,5-15,22-23H2,1-4H3. The van der Waals surface area contributed by atoms with Crippen molar-refractivity contribution in [3.05, 3.63) is 42.2 Å². The molecule has 0 N–H and O–H groups in total. The fraction of sp³-hybridized carbons (Fsp3) is 0.630. The predicted octanol–water partition coefficient (Wildman–Crippen LogP) is 8.12. The highest BCUT2D eigenvalue weighted by molar-refractivity contribution is 6.76. The average molecular weight is 440 g/mol. The highest BCUT2D eigenvalue weighted by Crippen LogP contribution is 2.20. The lowest BCUT2D eigenvalue weighted by atomic mass is 10.1. The van der Waals surface area contributed by atoms with E-state index in [-0.39, 0.29) is 0 Å². The third kappa shape index (κ3) is 11.5. The minimum atomic E-state index is -0.882. The molecule has 3 nitrogen and oxygen atoms in total. The van der Waals surface area contributed by atoms with Gasteiger partial charge in [0.2, 0.25) is 0 Å². The molecule has 1 aromatic heterocycles. The summed E-state index contributed by atoms with van der Waals surface area (Å²) in [5, 5.41) is 0. The van der Waals surface area contributed by atoms with E-state index >= 15 is 0 Å². The van der Waals surface area contributed by atoms with Gasteiger partial charge in [-0.15, -0.1) is 0 Å². The average Bonchev–Trinajstić information content (AvgIpc) is 2.75. The summed E-state index contributed by atoms with van der Waals surface area (Å²) in [6, 6.07) is 12.8. The van der Waals surface area contributed by atoms with Crippen LogP contribution in [0.2, 0.25) is 25.7 Å². The van der Waals surface area contributed by atoms with E-state index in [1.54, 1.807) is 6.20 Å². The lowest BCUT2D eigenvalue weighted by Gasteiger charge is -2.14. The van der Waals surface area contributed by atoms with Crippen molar-refractivity contribution in [3.8, 4) is 17.1 Å². The molecule has 1 radical (unpaired) electrons. The molecular formula is C27H43N2OSi. The zero-order chi connectivity index (χ0) is 22.4. The highest BCUT2D eigenvalue weighted by atomic mass is 28.3. The quantitative estimate of drug-likeness (QED) is 0.196. The molecule has 0 fully saturated rings. The van der Waals surface area contributed by atoms with Crippen LogP contribution in [0, 0.1) is 6.07 Å². The van der Waals surface area contributed by atoms with Gasteiger partial charge >= 0.3 is 0 Å². The molecule has 0 aliphatic heterocycles. The van der Waals surface area contributed by atoms with Crippen LogP contribution in [0.1, 0.15) is 76.8 Å². The van der Waals surface area contributed by atoms with Gasteiger partial charge < -0.3 is 4.74 Å². The second-order valence-corrected chi connectivity index (χ2v) is 15.5. The van der Waals surface area contributed by atoms with Crippen LogP contribution in [0.4, 0.5) is 0 Å². The van der Waals surface area contributed by atoms with Gasteiger partial charge in [0.25, 0.3) is 0 Å². The van der Waals surface area contributed by atoms with Gasteiger partial charge in [-0.3, -0.25) is 0 Å². The normalized spacial score (nSPS) is 11.6. The zero-order valence-electron chi connectivity index (χ0n) is 20.4. The zero-order valence-corrected chi connectivity index (χ0v) is 21.4. The molecule has 0 bridgehead atoms. The van der Waals surface area contributed by atoms with Crippen LogP contribution in [-0.4, -0.2) is 24.6 Å². The third-order valence-corrected chi connectivity index (χ3v) is 7.48. The number of unbranched alkanes of at least 4 members (excludes halogenated alkanes) is 8. The molecule has 1 aromatic carbocycles. The molecule has 0 atom stereocenters. The number of benzene rings is 1. The summed E-state index contributed by atoms with van der Waals surface area (Å²) in [5.41, 5.74) is 2.07. The van der Waals surface area contributed by atoms with Gasteiger partial charge in [-0.25, -0.2) is 9.97 Å². The van der Waals surface area contributed by atoms with Crippen molar-refractivity contribution < 1.29 is 4.74 Å². The maximum Gasteiger partial charge on any atom is 0.159 e. The Hall–Kier alpha value is -1.68. The second-order valence-electron chi connectivity index (χ2n) is 9.90. The van der Waals surface area contributed by atoms with E-state index in [0.717, 1.165) is 42.3 Å². The minimum absolute atomic E-state index is 0.787. The molecule has 0 aliphatic rings. The van der Waals surface area contributed by atoms with Crippen molar-refractivity contribution in [2.45, 2.75) is 103 Å². The number of aromatic nitrogens is 2. The van der Waals surface area contributed by atoms with E-state index < -0.39 is 8.07 Å². The molecule has 0 saturated heterocycles. The molecule has 0 aliphatic carbocycles. The van der Waals surface area contributed by atoms with E-state index in [0.29, 0.717) is 0 Å². The first-order valence-electron chi connectivity index (χ1n) is 12.4. The molecule has 2 aromatic rings. The number of hydrogen-bond acceptors (Lipinski definition) is 3. The largest absolute Gasteiger partial charge is 0.494 e. The van der Waals surface area contributed by atoms with E-state index in [1.807, 2.05) is 12.1 Å². The van der Waals surface area contributed by atoms with Crippen LogP contribution < -0.4 is 4.74 Å². The van der Waals surface area contributed by atoms with Gasteiger partial charge in [-0.2, -0.15) is 0 Å². The van der Waals surface area contributed by atoms with Gasteiger partial charge in [-0.1, -0.05) is 84.0 Å². The first kappa shape index (κ1) is 25.6. The van der Waals surface area contributed by atoms with Crippen LogP contribution in [0.15, 0.2) is 30.5 Å². The van der Waals surface area contributed by atoms with Gasteiger partial charge in [-0.05, 0) is 43.5 Å². The Bertz CT molecular complexity index is 725. The summed E-state index contributed by atoms with van der Waals surface area (Å²) in [6.45, 7) is 10.4. The summed E-state index contributed by atoms with van der Waals surface area (Å²) in [6.07, 6.45) is 15.6. The van der Waals surface area contributed by atoms with Crippen LogP contribution in [-0.2, 0) is 6.42 Å². The number of ether oxygens (including phenoxy) is 1. The van der Waals surface area contributed by atoms with E-state index in [4.69, 9.17) is 9.72 Å². The Kier molecular flexibility index (Phi) is 11.9. The van der Waals surface area contributed by atoms with Gasteiger partial charge in [0.1, 0.15) is 5.75 Å². The molecule has 0 spiro atoms. The Labute approximate surface area is 192 Å². The Morgan fingerprint density at radius 2 is 1.52 bits per heavy atom. The first-order chi connectivity index (χ1) is 15.0. The molecule has 0 unspecified atom stereocenters. The van der Waals surface area contributed by atoms with Crippen molar-refractivity contribution in [2.24, 2.45) is 0 Å². The SMILES string of the molecule is CCCCCCCCOc1ccc(-c2nc[c]c(CCCCCC[Si](C)(C)C)n2)cc1. The lowest BCUT2D eigenvalue weighted by molar-refractivity contribution is 0.304. The molecule has 4 heteroatoms. The topological polar surface area (TPSA) is 35.0 Å².